The van der Waals surface area contributed by atoms with Gasteiger partial charge in [-0.2, -0.15) is 0 Å². The second-order valence-corrected chi connectivity index (χ2v) is 9.55. The molecule has 0 unspecified atom stereocenters. The van der Waals surface area contributed by atoms with Gasteiger partial charge >= 0.3 is 0 Å². The van der Waals surface area contributed by atoms with Gasteiger partial charge in [0.25, 0.3) is 0 Å². The van der Waals surface area contributed by atoms with Crippen LogP contribution in [0.3, 0.4) is 0 Å². The van der Waals surface area contributed by atoms with E-state index in [1.165, 1.54) is 11.3 Å². The predicted octanol–water partition coefficient (Wildman–Crippen LogP) is 5.79. The molecule has 33 heavy (non-hydrogen) atoms. The highest BCUT2D eigenvalue weighted by molar-refractivity contribution is 7.10. The lowest BCUT2D eigenvalue weighted by atomic mass is 10.0. The summed E-state index contributed by atoms with van der Waals surface area (Å²) < 4.78 is 5.59. The molecule has 1 atom stereocenters. The lowest BCUT2D eigenvalue weighted by Gasteiger charge is -2.33. The van der Waals surface area contributed by atoms with E-state index in [0.717, 1.165) is 30.6 Å². The lowest BCUT2D eigenvalue weighted by Crippen LogP contribution is -2.47. The second-order valence-electron chi connectivity index (χ2n) is 8.11. The van der Waals surface area contributed by atoms with E-state index in [9.17, 15) is 9.59 Å². The van der Waals surface area contributed by atoms with Gasteiger partial charge in [0.2, 0.25) is 11.8 Å². The maximum Gasteiger partial charge on any atom is 0.248 e. The summed E-state index contributed by atoms with van der Waals surface area (Å²) in [5.41, 5.74) is 1.12. The molecule has 0 radical (unpaired) electrons. The Morgan fingerprint density at radius 1 is 1.09 bits per heavy atom. The molecule has 1 saturated carbocycles. The number of anilines is 1. The maximum absolute atomic E-state index is 13.8. The number of ether oxygens (including phenoxy) is 1. The van der Waals surface area contributed by atoms with Crippen LogP contribution in [0.15, 0.2) is 66.0 Å². The van der Waals surface area contributed by atoms with Crippen LogP contribution in [-0.4, -0.2) is 25.0 Å². The van der Waals surface area contributed by atoms with Gasteiger partial charge in [-0.15, -0.1) is 11.3 Å². The Balaban J connectivity index is 1.81. The van der Waals surface area contributed by atoms with Crippen LogP contribution in [-0.2, 0) is 16.0 Å². The number of carbonyl (C=O) groups excluding carboxylic acids is 2. The zero-order valence-corrected chi connectivity index (χ0v) is 20.1. The van der Waals surface area contributed by atoms with Crippen molar-refractivity contribution >= 4 is 40.4 Å². The number of thiophene rings is 1. The first-order chi connectivity index (χ1) is 16.1. The summed E-state index contributed by atoms with van der Waals surface area (Å²) in [4.78, 5) is 30.0. The van der Waals surface area contributed by atoms with Gasteiger partial charge in [0.1, 0.15) is 11.8 Å². The number of nitrogens with one attached hydrogen (secondary N) is 1. The van der Waals surface area contributed by atoms with Gasteiger partial charge in [-0.1, -0.05) is 60.8 Å². The van der Waals surface area contributed by atoms with Crippen molar-refractivity contribution in [1.82, 2.24) is 5.32 Å². The van der Waals surface area contributed by atoms with Gasteiger partial charge in [-0.3, -0.25) is 14.5 Å². The Kier molecular flexibility index (Phi) is 7.68. The molecule has 7 heteroatoms. The molecule has 1 aliphatic carbocycles. The zero-order valence-electron chi connectivity index (χ0n) is 18.5. The van der Waals surface area contributed by atoms with Gasteiger partial charge in [-0.05, 0) is 42.5 Å². The van der Waals surface area contributed by atoms with Gasteiger partial charge < -0.3 is 10.1 Å². The predicted molar refractivity (Wildman–Crippen MR) is 133 cm³/mol. The molecule has 1 aromatic heterocycles. The summed E-state index contributed by atoms with van der Waals surface area (Å²) in [6, 6.07) is 17.5. The molecule has 0 bridgehead atoms. The molecule has 3 aromatic rings. The van der Waals surface area contributed by atoms with E-state index in [4.69, 9.17) is 16.3 Å². The van der Waals surface area contributed by atoms with E-state index < -0.39 is 6.04 Å². The molecular weight excluding hydrogens is 456 g/mol. The Morgan fingerprint density at radius 3 is 2.52 bits per heavy atom. The van der Waals surface area contributed by atoms with E-state index in [0.29, 0.717) is 22.0 Å². The number of para-hydroxylation sites is 2. The lowest BCUT2D eigenvalue weighted by molar-refractivity contribution is -0.127. The number of rotatable bonds is 8. The topological polar surface area (TPSA) is 58.6 Å². The van der Waals surface area contributed by atoms with Crippen molar-refractivity contribution in [3.8, 4) is 5.75 Å². The molecule has 0 saturated heterocycles. The standard InChI is InChI=1S/C26H27ClN2O3S/c1-32-23-15-7-6-14-22(23)29(24(30)17-19-11-8-16-33-19)25(20-12-4-5-13-21(20)27)26(31)28-18-9-2-3-10-18/h4-8,11-16,18,25H,2-3,9-10,17H2,1H3,(H,28,31)/t25-/m1/s1. The summed E-state index contributed by atoms with van der Waals surface area (Å²) in [5, 5.41) is 5.55. The van der Waals surface area contributed by atoms with Gasteiger partial charge in [0.15, 0.2) is 0 Å². The Hall–Kier alpha value is -2.83. The normalized spacial score (nSPS) is 14.6. The average molecular weight is 483 g/mol. The summed E-state index contributed by atoms with van der Waals surface area (Å²) in [5.74, 6) is 0.0802. The summed E-state index contributed by atoms with van der Waals surface area (Å²) in [7, 11) is 1.56. The third kappa shape index (κ3) is 5.40. The van der Waals surface area contributed by atoms with Crippen LogP contribution >= 0.6 is 22.9 Å². The molecule has 0 spiro atoms. The molecule has 172 valence electrons. The third-order valence-electron chi connectivity index (χ3n) is 5.93. The molecule has 5 nitrogen and oxygen atoms in total. The molecule has 2 amide bonds. The van der Waals surface area contributed by atoms with Crippen LogP contribution in [0.1, 0.15) is 42.2 Å². The zero-order chi connectivity index (χ0) is 23.2. The van der Waals surface area contributed by atoms with E-state index in [1.807, 2.05) is 47.8 Å². The summed E-state index contributed by atoms with van der Waals surface area (Å²) >= 11 is 8.10. The van der Waals surface area contributed by atoms with Crippen LogP contribution in [0.4, 0.5) is 5.69 Å². The number of hydrogen-bond donors (Lipinski definition) is 1. The highest BCUT2D eigenvalue weighted by Crippen LogP contribution is 2.38. The minimum Gasteiger partial charge on any atom is -0.495 e. The van der Waals surface area contributed by atoms with Crippen molar-refractivity contribution in [2.45, 2.75) is 44.2 Å². The fraction of sp³-hybridized carbons (Fsp3) is 0.308. The molecule has 4 rings (SSSR count). The van der Waals surface area contributed by atoms with E-state index in [2.05, 4.69) is 5.32 Å². The average Bonchev–Trinajstić information content (AvgIpc) is 3.52. The minimum absolute atomic E-state index is 0.106. The molecule has 1 aliphatic rings. The van der Waals surface area contributed by atoms with E-state index >= 15 is 0 Å². The largest absolute Gasteiger partial charge is 0.495 e. The quantitative estimate of drug-likeness (QED) is 0.442. The Bertz CT molecular complexity index is 1100. The Morgan fingerprint density at radius 2 is 1.82 bits per heavy atom. The van der Waals surface area contributed by atoms with Crippen molar-refractivity contribution in [3.05, 3.63) is 81.5 Å². The fourth-order valence-corrected chi connectivity index (χ4v) is 5.27. The molecule has 0 aliphatic heterocycles. The van der Waals surface area contributed by atoms with Crippen LogP contribution in [0.5, 0.6) is 5.75 Å². The first-order valence-electron chi connectivity index (χ1n) is 11.1. The summed E-state index contributed by atoms with van der Waals surface area (Å²) in [6.07, 6.45) is 4.25. The van der Waals surface area contributed by atoms with Gasteiger partial charge in [0.05, 0.1) is 19.2 Å². The van der Waals surface area contributed by atoms with Gasteiger partial charge in [0, 0.05) is 21.5 Å². The number of hydrogen-bond acceptors (Lipinski definition) is 4. The molecule has 2 aromatic carbocycles. The monoisotopic (exact) mass is 482 g/mol. The highest BCUT2D eigenvalue weighted by Gasteiger charge is 2.36. The molecular formula is C26H27ClN2O3S. The number of amides is 2. The second kappa shape index (κ2) is 10.9. The Labute approximate surface area is 203 Å². The van der Waals surface area contributed by atoms with Crippen LogP contribution in [0, 0.1) is 0 Å². The van der Waals surface area contributed by atoms with E-state index in [1.54, 1.807) is 30.2 Å². The van der Waals surface area contributed by atoms with Crippen LogP contribution in [0.25, 0.3) is 0 Å². The third-order valence-corrected chi connectivity index (χ3v) is 7.15. The van der Waals surface area contributed by atoms with Crippen LogP contribution in [0.2, 0.25) is 5.02 Å². The highest BCUT2D eigenvalue weighted by atomic mass is 35.5. The maximum atomic E-state index is 13.8. The van der Waals surface area contributed by atoms with Crippen molar-refractivity contribution < 1.29 is 14.3 Å². The number of halogens is 1. The number of benzene rings is 2. The first kappa shape index (κ1) is 23.3. The van der Waals surface area contributed by atoms with E-state index in [-0.39, 0.29) is 24.3 Å². The minimum atomic E-state index is -0.928. The molecule has 1 fully saturated rings. The molecule has 1 N–H and O–H groups in total. The number of nitrogens with zero attached hydrogens (tertiary/aromatic N) is 1. The number of methoxy groups -OCH3 is 1. The van der Waals surface area contributed by atoms with Crippen molar-refractivity contribution in [2.75, 3.05) is 12.0 Å². The molecule has 1 heterocycles. The smallest absolute Gasteiger partial charge is 0.248 e. The van der Waals surface area contributed by atoms with Gasteiger partial charge in [-0.25, -0.2) is 0 Å². The van der Waals surface area contributed by atoms with Crippen LogP contribution < -0.4 is 15.0 Å². The van der Waals surface area contributed by atoms with Crippen molar-refractivity contribution in [1.29, 1.82) is 0 Å². The summed E-state index contributed by atoms with van der Waals surface area (Å²) in [6.45, 7) is 0. The first-order valence-corrected chi connectivity index (χ1v) is 12.4. The van der Waals surface area contributed by atoms with Crippen molar-refractivity contribution in [2.24, 2.45) is 0 Å². The fourth-order valence-electron chi connectivity index (χ4n) is 4.34. The van der Waals surface area contributed by atoms with Crippen molar-refractivity contribution in [3.63, 3.8) is 0 Å². The number of carbonyl (C=O) groups is 2. The SMILES string of the molecule is COc1ccccc1N(C(=O)Cc1cccs1)[C@@H](C(=O)NC1CCCC1)c1ccccc1Cl.